The summed E-state index contributed by atoms with van der Waals surface area (Å²) in [5.74, 6) is 0. The van der Waals surface area contributed by atoms with Crippen molar-refractivity contribution >= 4 is 0 Å². The quantitative estimate of drug-likeness (QED) is 0.673. The molecule has 1 saturated heterocycles. The lowest BCUT2D eigenvalue weighted by Gasteiger charge is -2.38. The van der Waals surface area contributed by atoms with Gasteiger partial charge in [-0.1, -0.05) is 6.92 Å². The summed E-state index contributed by atoms with van der Waals surface area (Å²) in [5, 5.41) is 0. The lowest BCUT2D eigenvalue weighted by molar-refractivity contribution is 0.100. The van der Waals surface area contributed by atoms with Crippen molar-refractivity contribution in [3.63, 3.8) is 0 Å². The van der Waals surface area contributed by atoms with E-state index in [2.05, 4.69) is 42.8 Å². The van der Waals surface area contributed by atoms with E-state index < -0.39 is 0 Å². The van der Waals surface area contributed by atoms with Gasteiger partial charge in [0.15, 0.2) is 0 Å². The molecule has 1 aliphatic rings. The van der Waals surface area contributed by atoms with Crippen LogP contribution in [0.2, 0.25) is 0 Å². The van der Waals surface area contributed by atoms with E-state index in [0.717, 1.165) is 6.04 Å². The van der Waals surface area contributed by atoms with Gasteiger partial charge in [0.05, 0.1) is 0 Å². The predicted molar refractivity (Wildman–Crippen MR) is 66.3 cm³/mol. The van der Waals surface area contributed by atoms with Gasteiger partial charge in [0.2, 0.25) is 0 Å². The Balaban J connectivity index is 2.31. The number of hydrogen-bond acceptors (Lipinski definition) is 3. The van der Waals surface area contributed by atoms with Crippen LogP contribution in [-0.2, 0) is 0 Å². The number of hydrogen-bond donors (Lipinski definition) is 0. The zero-order valence-corrected chi connectivity index (χ0v) is 10.9. The molecule has 90 valence electrons. The lowest BCUT2D eigenvalue weighted by Crippen LogP contribution is -2.49. The van der Waals surface area contributed by atoms with Gasteiger partial charge in [-0.2, -0.15) is 0 Å². The summed E-state index contributed by atoms with van der Waals surface area (Å²) in [6, 6.07) is 0.793. The van der Waals surface area contributed by atoms with Crippen LogP contribution in [0, 0.1) is 0 Å². The summed E-state index contributed by atoms with van der Waals surface area (Å²) < 4.78 is 0. The fourth-order valence-electron chi connectivity index (χ4n) is 2.24. The summed E-state index contributed by atoms with van der Waals surface area (Å²) in [5.41, 5.74) is 0. The van der Waals surface area contributed by atoms with E-state index in [4.69, 9.17) is 0 Å². The minimum atomic E-state index is 0.793. The second kappa shape index (κ2) is 6.46. The molecule has 1 unspecified atom stereocenters. The Labute approximate surface area is 95.0 Å². The molecular weight excluding hydrogens is 186 g/mol. The third-order valence-electron chi connectivity index (χ3n) is 3.44. The fraction of sp³-hybridized carbons (Fsp3) is 1.00. The Hall–Kier alpha value is -0.120. The highest BCUT2D eigenvalue weighted by Gasteiger charge is 2.20. The summed E-state index contributed by atoms with van der Waals surface area (Å²) in [6.07, 6.45) is 2.60. The van der Waals surface area contributed by atoms with Crippen molar-refractivity contribution in [3.8, 4) is 0 Å². The Morgan fingerprint density at radius 2 is 1.73 bits per heavy atom. The van der Waals surface area contributed by atoms with Crippen LogP contribution in [0.25, 0.3) is 0 Å². The van der Waals surface area contributed by atoms with Gasteiger partial charge in [0.25, 0.3) is 0 Å². The van der Waals surface area contributed by atoms with Gasteiger partial charge in [-0.25, -0.2) is 0 Å². The highest BCUT2D eigenvalue weighted by Crippen LogP contribution is 2.11. The van der Waals surface area contributed by atoms with Gasteiger partial charge >= 0.3 is 0 Å². The van der Waals surface area contributed by atoms with Gasteiger partial charge in [-0.05, 0) is 40.5 Å². The Morgan fingerprint density at radius 3 is 2.20 bits per heavy atom. The molecule has 0 aromatic carbocycles. The predicted octanol–water partition coefficient (Wildman–Crippen LogP) is 0.964. The third-order valence-corrected chi connectivity index (χ3v) is 3.44. The first-order valence-corrected chi connectivity index (χ1v) is 6.20. The number of likely N-dealkylation sites (N-methyl/N-ethyl adjacent to an activating group) is 1. The summed E-state index contributed by atoms with van der Waals surface area (Å²) in [6.45, 7) is 8.51. The molecule has 3 nitrogen and oxygen atoms in total. The van der Waals surface area contributed by atoms with Crippen LogP contribution >= 0.6 is 0 Å². The smallest absolute Gasteiger partial charge is 0.0113 e. The third kappa shape index (κ3) is 4.49. The first-order chi connectivity index (χ1) is 7.13. The highest BCUT2D eigenvalue weighted by atomic mass is 15.3. The van der Waals surface area contributed by atoms with E-state index in [1.54, 1.807) is 0 Å². The van der Waals surface area contributed by atoms with Crippen molar-refractivity contribution in [3.05, 3.63) is 0 Å². The summed E-state index contributed by atoms with van der Waals surface area (Å²) in [7, 11) is 6.55. The van der Waals surface area contributed by atoms with Crippen LogP contribution in [0.4, 0.5) is 0 Å². The molecule has 1 heterocycles. The molecule has 0 aliphatic carbocycles. The van der Waals surface area contributed by atoms with Crippen LogP contribution in [0.3, 0.4) is 0 Å². The van der Waals surface area contributed by atoms with E-state index in [9.17, 15) is 0 Å². The molecule has 3 heteroatoms. The van der Waals surface area contributed by atoms with Crippen molar-refractivity contribution in [2.24, 2.45) is 0 Å². The monoisotopic (exact) mass is 213 g/mol. The van der Waals surface area contributed by atoms with E-state index in [-0.39, 0.29) is 0 Å². The fourth-order valence-corrected chi connectivity index (χ4v) is 2.24. The minimum Gasteiger partial charge on any atom is -0.309 e. The first kappa shape index (κ1) is 12.9. The SMILES string of the molecule is CCC(CCN(C)C)N1CCN(C)CC1. The van der Waals surface area contributed by atoms with Crippen molar-refractivity contribution < 1.29 is 0 Å². The van der Waals surface area contributed by atoms with E-state index in [0.29, 0.717) is 0 Å². The van der Waals surface area contributed by atoms with Gasteiger partial charge in [-0.3, -0.25) is 4.90 Å². The molecule has 1 aliphatic heterocycles. The van der Waals surface area contributed by atoms with E-state index >= 15 is 0 Å². The molecule has 1 atom stereocenters. The summed E-state index contributed by atoms with van der Waals surface area (Å²) >= 11 is 0. The first-order valence-electron chi connectivity index (χ1n) is 6.20. The molecule has 1 fully saturated rings. The second-order valence-electron chi connectivity index (χ2n) is 4.99. The highest BCUT2D eigenvalue weighted by molar-refractivity contribution is 4.77. The number of rotatable bonds is 5. The number of nitrogens with zero attached hydrogens (tertiary/aromatic N) is 3. The molecule has 0 amide bonds. The molecule has 0 N–H and O–H groups in total. The average molecular weight is 213 g/mol. The Bertz CT molecular complexity index is 162. The number of piperazine rings is 1. The molecule has 0 aromatic heterocycles. The van der Waals surface area contributed by atoms with Crippen LogP contribution in [0.5, 0.6) is 0 Å². The largest absolute Gasteiger partial charge is 0.309 e. The normalized spacial score (nSPS) is 22.2. The molecular formula is C12H27N3. The lowest BCUT2D eigenvalue weighted by atomic mass is 10.1. The Morgan fingerprint density at radius 1 is 1.13 bits per heavy atom. The van der Waals surface area contributed by atoms with Crippen molar-refractivity contribution in [1.29, 1.82) is 0 Å². The topological polar surface area (TPSA) is 9.72 Å². The molecule has 0 radical (unpaired) electrons. The van der Waals surface area contributed by atoms with Crippen LogP contribution in [0.1, 0.15) is 19.8 Å². The summed E-state index contributed by atoms with van der Waals surface area (Å²) in [4.78, 5) is 7.39. The molecule has 15 heavy (non-hydrogen) atoms. The van der Waals surface area contributed by atoms with Gasteiger partial charge in [0, 0.05) is 32.2 Å². The van der Waals surface area contributed by atoms with E-state index in [1.165, 1.54) is 45.6 Å². The van der Waals surface area contributed by atoms with Crippen molar-refractivity contribution in [1.82, 2.24) is 14.7 Å². The second-order valence-corrected chi connectivity index (χ2v) is 4.99. The zero-order chi connectivity index (χ0) is 11.3. The van der Waals surface area contributed by atoms with Gasteiger partial charge in [0.1, 0.15) is 0 Å². The molecule has 0 saturated carbocycles. The van der Waals surface area contributed by atoms with Crippen LogP contribution < -0.4 is 0 Å². The van der Waals surface area contributed by atoms with Crippen LogP contribution in [0.15, 0.2) is 0 Å². The van der Waals surface area contributed by atoms with Crippen molar-refractivity contribution in [2.75, 3.05) is 53.9 Å². The standard InChI is InChI=1S/C12H27N3/c1-5-12(6-7-13(2)3)15-10-8-14(4)9-11-15/h12H,5-11H2,1-4H3. The van der Waals surface area contributed by atoms with Gasteiger partial charge in [-0.15, -0.1) is 0 Å². The average Bonchev–Trinajstić information content (AvgIpc) is 2.21. The van der Waals surface area contributed by atoms with E-state index in [1.807, 2.05) is 0 Å². The maximum absolute atomic E-state index is 2.67. The Kier molecular flexibility index (Phi) is 5.58. The maximum atomic E-state index is 2.67. The molecule has 0 spiro atoms. The maximum Gasteiger partial charge on any atom is 0.0113 e. The minimum absolute atomic E-state index is 0.793. The molecule has 1 rings (SSSR count). The zero-order valence-electron chi connectivity index (χ0n) is 10.9. The molecule has 0 aromatic rings. The van der Waals surface area contributed by atoms with Crippen LogP contribution in [-0.4, -0.2) is 74.6 Å². The molecule has 0 bridgehead atoms. The van der Waals surface area contributed by atoms with Gasteiger partial charge < -0.3 is 9.80 Å². The van der Waals surface area contributed by atoms with Crippen molar-refractivity contribution in [2.45, 2.75) is 25.8 Å².